The van der Waals surface area contributed by atoms with Gasteiger partial charge in [0.2, 0.25) is 5.95 Å². The van der Waals surface area contributed by atoms with Crippen LogP contribution in [0.1, 0.15) is 31.7 Å². The Balaban J connectivity index is 0.00000249. The van der Waals surface area contributed by atoms with Crippen molar-refractivity contribution < 1.29 is 51.6 Å². The molecule has 0 spiro atoms. The number of pyridine rings is 2. The van der Waals surface area contributed by atoms with E-state index in [9.17, 15) is 0 Å². The predicted molar refractivity (Wildman–Crippen MR) is 248 cm³/mol. The topological polar surface area (TPSA) is 84.8 Å². The van der Waals surface area contributed by atoms with Crippen LogP contribution >= 0.6 is 0 Å². The van der Waals surface area contributed by atoms with Crippen molar-refractivity contribution in [2.24, 2.45) is 0 Å². The van der Waals surface area contributed by atoms with Crippen molar-refractivity contribution in [3.63, 3.8) is 0 Å². The summed E-state index contributed by atoms with van der Waals surface area (Å²) in [5.41, 5.74) is 6.38. The van der Waals surface area contributed by atoms with Crippen LogP contribution in [0.3, 0.4) is 0 Å². The van der Waals surface area contributed by atoms with E-state index in [1.165, 1.54) is 0 Å². The molecule has 0 radical (unpaired) electrons. The molecule has 11 heteroatoms. The van der Waals surface area contributed by atoms with Crippen molar-refractivity contribution in [1.82, 2.24) is 33.6 Å². The van der Waals surface area contributed by atoms with Crippen LogP contribution in [0.2, 0.25) is 0 Å². The third-order valence-corrected chi connectivity index (χ3v) is 11.9. The first kappa shape index (κ1) is 42.1. The van der Waals surface area contributed by atoms with Gasteiger partial charge in [-0.2, -0.15) is 35.0 Å². The van der Waals surface area contributed by atoms with Gasteiger partial charge in [-0.3, -0.25) is 0 Å². The quantitative estimate of drug-likeness (QED) is 0.134. The second-order valence-corrected chi connectivity index (χ2v) is 15.6. The van der Waals surface area contributed by atoms with Gasteiger partial charge in [0.1, 0.15) is 11.6 Å². The maximum absolute atomic E-state index is 6.59. The van der Waals surface area contributed by atoms with Crippen molar-refractivity contribution in [2.45, 2.75) is 26.2 Å². The standard InChI is InChI=1S/C54H35N7O2.2Pt/c1-3-34(2)35-32-57-54(58-33-35)61-50-30-38(62-36-18-22-42-40-12-4-6-14-46(40)59(48(42)28-36)52-16-8-10-26-55-52)20-24-44(50)45-25-21-39(31-51(45)61)63-37-19-23-43-41-13-5-7-15-47(41)60(49(43)29-37)53-17-9-11-27-56-53;;/h4-27,32-34H,3H2,1-2H3;;/q-4;2*+2. The number of fused-ring (bicyclic) bond motifs is 9. The van der Waals surface area contributed by atoms with Crippen LogP contribution in [0.15, 0.2) is 158 Å². The summed E-state index contributed by atoms with van der Waals surface area (Å²) in [4.78, 5) is 19.2. The van der Waals surface area contributed by atoms with Gasteiger partial charge < -0.3 is 23.2 Å². The second-order valence-electron chi connectivity index (χ2n) is 15.6. The van der Waals surface area contributed by atoms with E-state index in [-0.39, 0.29) is 42.1 Å². The van der Waals surface area contributed by atoms with Gasteiger partial charge in [0.05, 0.1) is 0 Å². The van der Waals surface area contributed by atoms with Gasteiger partial charge in [-0.05, 0) is 65.1 Å². The van der Waals surface area contributed by atoms with Gasteiger partial charge in [0.15, 0.2) is 0 Å². The summed E-state index contributed by atoms with van der Waals surface area (Å²) in [7, 11) is 0. The molecule has 0 aliphatic heterocycles. The molecule has 0 saturated carbocycles. The number of ether oxygens (including phenoxy) is 2. The predicted octanol–water partition coefficient (Wildman–Crippen LogP) is 12.9. The molecule has 0 aliphatic carbocycles. The van der Waals surface area contributed by atoms with Crippen molar-refractivity contribution >= 4 is 65.4 Å². The van der Waals surface area contributed by atoms with Gasteiger partial charge in [0, 0.05) is 58.8 Å². The van der Waals surface area contributed by atoms with Crippen LogP contribution in [0, 0.1) is 24.3 Å². The number of para-hydroxylation sites is 2. The molecule has 6 aromatic carbocycles. The third-order valence-electron chi connectivity index (χ3n) is 11.9. The SMILES string of the molecule is CCC(C)c1cnc(-n2c3[c-]c(Oc4[c-]c5c(cc4)c4ccccc4n5-c4ccccn4)ccc3c3ccc(Oc4[c-]c5c(cc4)c4ccccc4n5-c4ccccn4)[c-]c32)nc1.[Pt+2].[Pt+2]. The molecule has 1 unspecified atom stereocenters. The molecule has 6 aromatic heterocycles. The smallest absolute Gasteiger partial charge is 0.509 e. The second kappa shape index (κ2) is 17.2. The molecule has 12 rings (SSSR count). The van der Waals surface area contributed by atoms with Crippen molar-refractivity contribution in [1.29, 1.82) is 0 Å². The van der Waals surface area contributed by atoms with Gasteiger partial charge in [0.25, 0.3) is 0 Å². The summed E-state index contributed by atoms with van der Waals surface area (Å²) in [6, 6.07) is 58.7. The Labute approximate surface area is 402 Å². The van der Waals surface area contributed by atoms with Crippen LogP contribution < -0.4 is 9.47 Å². The Morgan fingerprint density at radius 2 is 0.831 bits per heavy atom. The Kier molecular flexibility index (Phi) is 11.1. The van der Waals surface area contributed by atoms with E-state index in [1.54, 1.807) is 12.4 Å². The zero-order valence-corrected chi connectivity index (χ0v) is 39.4. The van der Waals surface area contributed by atoms with Crippen molar-refractivity contribution in [2.75, 3.05) is 0 Å². The molecule has 9 nitrogen and oxygen atoms in total. The summed E-state index contributed by atoms with van der Waals surface area (Å²) >= 11 is 0. The van der Waals surface area contributed by atoms with E-state index in [4.69, 9.17) is 19.4 Å². The van der Waals surface area contributed by atoms with E-state index >= 15 is 0 Å². The minimum atomic E-state index is 0. The van der Waals surface area contributed by atoms with Crippen LogP contribution in [0.5, 0.6) is 23.0 Å². The molecule has 0 saturated heterocycles. The number of nitrogens with zero attached hydrogens (tertiary/aromatic N) is 7. The fourth-order valence-electron chi connectivity index (χ4n) is 8.63. The van der Waals surface area contributed by atoms with Gasteiger partial charge in [-0.1, -0.05) is 84.4 Å². The zero-order valence-electron chi connectivity index (χ0n) is 34.9. The normalized spacial score (nSPS) is 11.9. The summed E-state index contributed by atoms with van der Waals surface area (Å²) in [6.45, 7) is 4.35. The number of benzene rings is 6. The summed E-state index contributed by atoms with van der Waals surface area (Å²) in [6.07, 6.45) is 8.40. The zero-order chi connectivity index (χ0) is 42.0. The summed E-state index contributed by atoms with van der Waals surface area (Å²) in [5.74, 6) is 4.55. The molecule has 0 N–H and O–H groups in total. The molecule has 318 valence electrons. The molecule has 0 fully saturated rings. The van der Waals surface area contributed by atoms with E-state index in [0.717, 1.165) is 89.0 Å². The van der Waals surface area contributed by atoms with E-state index < -0.39 is 0 Å². The van der Waals surface area contributed by atoms with Crippen LogP contribution in [0.4, 0.5) is 0 Å². The van der Waals surface area contributed by atoms with Crippen molar-refractivity contribution in [3.8, 4) is 40.6 Å². The first-order valence-electron chi connectivity index (χ1n) is 20.9. The molecule has 0 bridgehead atoms. The number of rotatable bonds is 9. The maximum Gasteiger partial charge on any atom is 2.00 e. The van der Waals surface area contributed by atoms with Crippen LogP contribution in [-0.4, -0.2) is 33.6 Å². The molecule has 12 aromatic rings. The fourth-order valence-corrected chi connectivity index (χ4v) is 8.63. The molecule has 6 heterocycles. The van der Waals surface area contributed by atoms with Gasteiger partial charge in [-0.25, -0.2) is 19.9 Å². The van der Waals surface area contributed by atoms with Crippen LogP contribution in [0.25, 0.3) is 83.0 Å². The Bertz CT molecular complexity index is 3480. The summed E-state index contributed by atoms with van der Waals surface area (Å²) in [5, 5.41) is 6.23. The van der Waals surface area contributed by atoms with Gasteiger partial charge >= 0.3 is 42.1 Å². The minimum Gasteiger partial charge on any atom is -0.509 e. The average molecular weight is 1200 g/mol. The first-order valence-corrected chi connectivity index (χ1v) is 20.9. The van der Waals surface area contributed by atoms with E-state index in [0.29, 0.717) is 34.9 Å². The average Bonchev–Trinajstić information content (AvgIpc) is 3.96. The molecule has 1 atom stereocenters. The number of hydrogen-bond acceptors (Lipinski definition) is 6. The van der Waals surface area contributed by atoms with Gasteiger partial charge in [-0.15, -0.1) is 59.3 Å². The third kappa shape index (κ3) is 7.20. The summed E-state index contributed by atoms with van der Waals surface area (Å²) < 4.78 is 19.4. The largest absolute Gasteiger partial charge is 2.00 e. The minimum absolute atomic E-state index is 0. The fraction of sp³-hybridized carbons (Fsp3) is 0.0741. The van der Waals surface area contributed by atoms with E-state index in [2.05, 4.69) is 106 Å². The Morgan fingerprint density at radius 1 is 0.446 bits per heavy atom. The molecular weight excluding hydrogens is 1170 g/mol. The maximum atomic E-state index is 6.59. The molecular formula is C54H35N7O2Pt2. The number of hydrogen-bond donors (Lipinski definition) is 0. The van der Waals surface area contributed by atoms with Crippen molar-refractivity contribution in [3.05, 3.63) is 188 Å². The number of aromatic nitrogens is 7. The van der Waals surface area contributed by atoms with E-state index in [1.807, 2.05) is 102 Å². The monoisotopic (exact) mass is 1200 g/mol. The Morgan fingerprint density at radius 3 is 1.23 bits per heavy atom. The Hall–Kier alpha value is -6.92. The van der Waals surface area contributed by atoms with Crippen LogP contribution in [-0.2, 0) is 42.1 Å². The molecule has 0 amide bonds. The molecule has 65 heavy (non-hydrogen) atoms. The molecule has 0 aliphatic rings. The first-order chi connectivity index (χ1) is 31.1.